The van der Waals surface area contributed by atoms with E-state index in [4.69, 9.17) is 4.74 Å². The summed E-state index contributed by atoms with van der Waals surface area (Å²) < 4.78 is 5.31. The average molecular weight is 285 g/mol. The van der Waals surface area contributed by atoms with Crippen LogP contribution in [-0.2, 0) is 0 Å². The first-order chi connectivity index (χ1) is 9.97. The molecule has 0 radical (unpaired) electrons. The quantitative estimate of drug-likeness (QED) is 0.479. The van der Waals surface area contributed by atoms with Crippen LogP contribution in [0.5, 0.6) is 5.75 Å². The van der Waals surface area contributed by atoms with Crippen molar-refractivity contribution in [3.63, 3.8) is 0 Å². The molecule has 0 aliphatic heterocycles. The minimum absolute atomic E-state index is 0.103. The first-order valence-corrected chi connectivity index (χ1v) is 6.45. The standard InChI is InChI=1S/C16H15NO4/c1-11-3-6-13(7-4-11)15(18)10-21-16-8-5-12(2)9-14(16)17(19)20/h3-9H,10H2,1-2H3. The maximum Gasteiger partial charge on any atom is 0.311 e. The van der Waals surface area contributed by atoms with Gasteiger partial charge in [-0.1, -0.05) is 35.9 Å². The lowest BCUT2D eigenvalue weighted by molar-refractivity contribution is -0.385. The van der Waals surface area contributed by atoms with E-state index in [0.29, 0.717) is 5.56 Å². The molecule has 0 amide bonds. The number of carbonyl (C=O) groups is 1. The number of nitro benzene ring substituents is 1. The van der Waals surface area contributed by atoms with E-state index >= 15 is 0 Å². The molecule has 0 spiro atoms. The number of nitrogens with zero attached hydrogens (tertiary/aromatic N) is 1. The van der Waals surface area contributed by atoms with Crippen LogP contribution in [0.3, 0.4) is 0 Å². The number of nitro groups is 1. The monoisotopic (exact) mass is 285 g/mol. The predicted octanol–water partition coefficient (Wildman–Crippen LogP) is 3.47. The molecule has 5 nitrogen and oxygen atoms in total. The van der Waals surface area contributed by atoms with Crippen molar-refractivity contribution < 1.29 is 14.5 Å². The lowest BCUT2D eigenvalue weighted by atomic mass is 10.1. The number of benzene rings is 2. The van der Waals surface area contributed by atoms with Gasteiger partial charge in [-0.15, -0.1) is 0 Å². The normalized spacial score (nSPS) is 10.2. The number of ketones is 1. The number of hydrogen-bond acceptors (Lipinski definition) is 4. The van der Waals surface area contributed by atoms with Crippen molar-refractivity contribution in [2.24, 2.45) is 0 Å². The van der Waals surface area contributed by atoms with Crippen LogP contribution in [0, 0.1) is 24.0 Å². The summed E-state index contributed by atoms with van der Waals surface area (Å²) in [7, 11) is 0. The summed E-state index contributed by atoms with van der Waals surface area (Å²) in [4.78, 5) is 22.4. The van der Waals surface area contributed by atoms with E-state index in [1.807, 2.05) is 19.1 Å². The molecule has 0 heterocycles. The molecule has 0 aliphatic carbocycles. The largest absolute Gasteiger partial charge is 0.478 e. The molecule has 108 valence electrons. The number of Topliss-reactive ketones (excluding diaryl/α,β-unsaturated/α-hetero) is 1. The third-order valence-electron chi connectivity index (χ3n) is 3.04. The van der Waals surface area contributed by atoms with Gasteiger partial charge in [-0.2, -0.15) is 0 Å². The van der Waals surface area contributed by atoms with Gasteiger partial charge < -0.3 is 4.74 Å². The smallest absolute Gasteiger partial charge is 0.311 e. The second-order valence-corrected chi connectivity index (χ2v) is 4.81. The Kier molecular flexibility index (Phi) is 4.33. The van der Waals surface area contributed by atoms with Gasteiger partial charge in [0, 0.05) is 11.6 Å². The van der Waals surface area contributed by atoms with Crippen molar-refractivity contribution in [3.05, 3.63) is 69.3 Å². The van der Waals surface area contributed by atoms with Gasteiger partial charge in [0.1, 0.15) is 0 Å². The van der Waals surface area contributed by atoms with E-state index in [-0.39, 0.29) is 23.8 Å². The number of hydrogen-bond donors (Lipinski definition) is 0. The van der Waals surface area contributed by atoms with E-state index < -0.39 is 4.92 Å². The molecule has 2 rings (SSSR count). The van der Waals surface area contributed by atoms with E-state index in [2.05, 4.69) is 0 Å². The maximum atomic E-state index is 12.0. The van der Waals surface area contributed by atoms with Gasteiger partial charge in [-0.25, -0.2) is 0 Å². The highest BCUT2D eigenvalue weighted by Gasteiger charge is 2.16. The molecule has 0 bridgehead atoms. The summed E-state index contributed by atoms with van der Waals surface area (Å²) >= 11 is 0. The third kappa shape index (κ3) is 3.66. The van der Waals surface area contributed by atoms with Gasteiger partial charge in [0.15, 0.2) is 18.1 Å². The molecule has 5 heteroatoms. The second kappa shape index (κ2) is 6.17. The molecule has 0 aromatic heterocycles. The number of carbonyl (C=O) groups excluding carboxylic acids is 1. The fourth-order valence-corrected chi connectivity index (χ4v) is 1.86. The molecule has 0 saturated carbocycles. The minimum atomic E-state index is -0.515. The average Bonchev–Trinajstić information content (AvgIpc) is 2.46. The van der Waals surface area contributed by atoms with Crippen molar-refractivity contribution in [2.45, 2.75) is 13.8 Å². The highest BCUT2D eigenvalue weighted by atomic mass is 16.6. The summed E-state index contributed by atoms with van der Waals surface area (Å²) in [5.41, 5.74) is 2.21. The number of aryl methyl sites for hydroxylation is 2. The minimum Gasteiger partial charge on any atom is -0.478 e. The lowest BCUT2D eigenvalue weighted by Crippen LogP contribution is -2.12. The highest BCUT2D eigenvalue weighted by Crippen LogP contribution is 2.27. The summed E-state index contributed by atoms with van der Waals surface area (Å²) in [6, 6.07) is 11.7. The van der Waals surface area contributed by atoms with Gasteiger partial charge in [-0.3, -0.25) is 14.9 Å². The Hall–Kier alpha value is -2.69. The summed E-state index contributed by atoms with van der Waals surface area (Å²) in [6.07, 6.45) is 0. The van der Waals surface area contributed by atoms with Crippen LogP contribution < -0.4 is 4.74 Å². The molecule has 2 aromatic rings. The van der Waals surface area contributed by atoms with Crippen molar-refractivity contribution in [3.8, 4) is 5.75 Å². The maximum absolute atomic E-state index is 12.0. The molecular weight excluding hydrogens is 270 g/mol. The Morgan fingerprint density at radius 3 is 2.33 bits per heavy atom. The third-order valence-corrected chi connectivity index (χ3v) is 3.04. The number of ether oxygens (including phenoxy) is 1. The van der Waals surface area contributed by atoms with Gasteiger partial charge in [0.05, 0.1) is 4.92 Å². The van der Waals surface area contributed by atoms with Gasteiger partial charge in [0.25, 0.3) is 0 Å². The molecule has 0 unspecified atom stereocenters. The van der Waals surface area contributed by atoms with Crippen molar-refractivity contribution in [2.75, 3.05) is 6.61 Å². The van der Waals surface area contributed by atoms with E-state index in [9.17, 15) is 14.9 Å². The van der Waals surface area contributed by atoms with E-state index in [0.717, 1.165) is 11.1 Å². The van der Waals surface area contributed by atoms with Crippen LogP contribution in [-0.4, -0.2) is 17.3 Å². The summed E-state index contributed by atoms with van der Waals surface area (Å²) in [5.74, 6) is -0.115. The van der Waals surface area contributed by atoms with Crippen LogP contribution in [0.2, 0.25) is 0 Å². The van der Waals surface area contributed by atoms with Crippen LogP contribution in [0.1, 0.15) is 21.5 Å². The van der Waals surface area contributed by atoms with Gasteiger partial charge in [-0.05, 0) is 25.5 Å². The molecule has 0 aliphatic rings. The molecule has 21 heavy (non-hydrogen) atoms. The molecular formula is C16H15NO4. The van der Waals surface area contributed by atoms with Crippen molar-refractivity contribution in [1.29, 1.82) is 0 Å². The Morgan fingerprint density at radius 1 is 1.10 bits per heavy atom. The molecule has 0 saturated heterocycles. The molecule has 0 N–H and O–H groups in total. The van der Waals surface area contributed by atoms with Crippen molar-refractivity contribution >= 4 is 11.5 Å². The SMILES string of the molecule is Cc1ccc(C(=O)COc2ccc(C)cc2[N+](=O)[O-])cc1. The Morgan fingerprint density at radius 2 is 1.71 bits per heavy atom. The van der Waals surface area contributed by atoms with E-state index in [1.54, 1.807) is 25.1 Å². The van der Waals surface area contributed by atoms with Crippen LogP contribution in [0.4, 0.5) is 5.69 Å². The van der Waals surface area contributed by atoms with E-state index in [1.165, 1.54) is 12.1 Å². The van der Waals surface area contributed by atoms with Gasteiger partial charge in [0.2, 0.25) is 0 Å². The summed E-state index contributed by atoms with van der Waals surface area (Å²) in [5, 5.41) is 11.0. The van der Waals surface area contributed by atoms with Crippen LogP contribution >= 0.6 is 0 Å². The first kappa shape index (κ1) is 14.7. The Labute approximate surface area is 122 Å². The Bertz CT molecular complexity index is 677. The molecule has 2 aromatic carbocycles. The topological polar surface area (TPSA) is 69.4 Å². The van der Waals surface area contributed by atoms with Crippen molar-refractivity contribution in [1.82, 2.24) is 0 Å². The zero-order valence-electron chi connectivity index (χ0n) is 11.8. The fraction of sp³-hybridized carbons (Fsp3) is 0.188. The summed E-state index contributed by atoms with van der Waals surface area (Å²) in [6.45, 7) is 3.46. The first-order valence-electron chi connectivity index (χ1n) is 6.45. The molecule has 0 fully saturated rings. The lowest BCUT2D eigenvalue weighted by Gasteiger charge is -2.07. The van der Waals surface area contributed by atoms with Gasteiger partial charge >= 0.3 is 5.69 Å². The van der Waals surface area contributed by atoms with Crippen LogP contribution in [0.25, 0.3) is 0 Å². The number of rotatable bonds is 5. The second-order valence-electron chi connectivity index (χ2n) is 4.81. The zero-order valence-corrected chi connectivity index (χ0v) is 11.8. The zero-order chi connectivity index (χ0) is 15.4. The molecule has 0 atom stereocenters. The fourth-order valence-electron chi connectivity index (χ4n) is 1.86. The highest BCUT2D eigenvalue weighted by molar-refractivity contribution is 5.97. The van der Waals surface area contributed by atoms with Crippen LogP contribution in [0.15, 0.2) is 42.5 Å². The predicted molar refractivity (Wildman–Crippen MR) is 78.8 cm³/mol. The Balaban J connectivity index is 2.11.